The molecule has 0 fully saturated rings. The van der Waals surface area contributed by atoms with Crippen molar-refractivity contribution in [2.45, 2.75) is 13.0 Å². The lowest BCUT2D eigenvalue weighted by Crippen LogP contribution is -2.28. The smallest absolute Gasteiger partial charge is 0.252 e. The highest BCUT2D eigenvalue weighted by atomic mass is 35.5. The summed E-state index contributed by atoms with van der Waals surface area (Å²) in [5.74, 6) is -0.283. The van der Waals surface area contributed by atoms with E-state index in [2.05, 4.69) is 10.3 Å². The molecule has 5 heteroatoms. The van der Waals surface area contributed by atoms with Crippen molar-refractivity contribution in [2.24, 2.45) is 0 Å². The van der Waals surface area contributed by atoms with E-state index in [1.54, 1.807) is 18.2 Å². The van der Waals surface area contributed by atoms with E-state index in [-0.39, 0.29) is 17.5 Å². The number of carbonyl (C=O) groups is 1. The molecular formula is C18H15ClN2O2. The van der Waals surface area contributed by atoms with E-state index in [9.17, 15) is 9.59 Å². The maximum absolute atomic E-state index is 12.6. The van der Waals surface area contributed by atoms with Gasteiger partial charge in [-0.1, -0.05) is 41.9 Å². The van der Waals surface area contributed by atoms with Crippen molar-refractivity contribution in [2.75, 3.05) is 0 Å². The molecule has 2 aromatic carbocycles. The first-order valence-corrected chi connectivity index (χ1v) is 7.61. The Kier molecular flexibility index (Phi) is 4.17. The van der Waals surface area contributed by atoms with E-state index in [0.29, 0.717) is 21.5 Å². The van der Waals surface area contributed by atoms with Crippen LogP contribution < -0.4 is 10.9 Å². The third-order valence-electron chi connectivity index (χ3n) is 3.71. The number of nitrogens with one attached hydrogen (secondary N) is 2. The largest absolute Gasteiger partial charge is 0.345 e. The molecule has 1 unspecified atom stereocenters. The first-order chi connectivity index (χ1) is 11.0. The molecule has 1 aromatic heterocycles. The molecule has 1 atom stereocenters. The van der Waals surface area contributed by atoms with Gasteiger partial charge in [-0.2, -0.15) is 0 Å². The van der Waals surface area contributed by atoms with Crippen molar-refractivity contribution in [3.8, 4) is 0 Å². The van der Waals surface area contributed by atoms with Crippen LogP contribution in [0.2, 0.25) is 5.02 Å². The molecule has 0 spiro atoms. The second-order valence-corrected chi connectivity index (χ2v) is 5.78. The van der Waals surface area contributed by atoms with Gasteiger partial charge in [-0.15, -0.1) is 0 Å². The summed E-state index contributed by atoms with van der Waals surface area (Å²) in [6, 6.07) is 15.7. The molecule has 0 saturated heterocycles. The monoisotopic (exact) mass is 326 g/mol. The van der Waals surface area contributed by atoms with Gasteiger partial charge in [-0.3, -0.25) is 9.59 Å². The molecule has 2 N–H and O–H groups in total. The predicted octanol–water partition coefficient (Wildman–Crippen LogP) is 3.67. The Balaban J connectivity index is 1.91. The average Bonchev–Trinajstić information content (AvgIpc) is 2.54. The minimum absolute atomic E-state index is 0.196. The van der Waals surface area contributed by atoms with E-state index in [0.717, 1.165) is 5.56 Å². The first kappa shape index (κ1) is 15.3. The highest BCUT2D eigenvalue weighted by Gasteiger charge is 2.15. The third-order valence-corrected chi connectivity index (χ3v) is 3.96. The Morgan fingerprint density at radius 3 is 2.57 bits per heavy atom. The van der Waals surface area contributed by atoms with Crippen molar-refractivity contribution in [3.05, 3.63) is 81.1 Å². The van der Waals surface area contributed by atoms with Crippen LogP contribution in [0.15, 0.2) is 59.4 Å². The van der Waals surface area contributed by atoms with Gasteiger partial charge in [0.05, 0.1) is 11.6 Å². The molecule has 0 aliphatic heterocycles. The van der Waals surface area contributed by atoms with Gasteiger partial charge in [0.2, 0.25) is 5.56 Å². The van der Waals surface area contributed by atoms with Gasteiger partial charge in [0, 0.05) is 22.0 Å². The van der Waals surface area contributed by atoms with Crippen LogP contribution in [0.3, 0.4) is 0 Å². The summed E-state index contributed by atoms with van der Waals surface area (Å²) < 4.78 is 0. The van der Waals surface area contributed by atoms with E-state index in [1.807, 2.05) is 37.3 Å². The van der Waals surface area contributed by atoms with Crippen molar-refractivity contribution >= 4 is 28.4 Å². The molecule has 0 saturated carbocycles. The number of carbonyl (C=O) groups excluding carboxylic acids is 1. The normalized spacial score (nSPS) is 12.1. The van der Waals surface area contributed by atoms with Gasteiger partial charge < -0.3 is 10.3 Å². The summed E-state index contributed by atoms with van der Waals surface area (Å²) in [6.07, 6.45) is 0. The van der Waals surface area contributed by atoms with Gasteiger partial charge in [-0.05, 0) is 30.7 Å². The number of fused-ring (bicyclic) bond motifs is 1. The van der Waals surface area contributed by atoms with Gasteiger partial charge in [-0.25, -0.2) is 0 Å². The molecule has 3 aromatic rings. The predicted molar refractivity (Wildman–Crippen MR) is 91.9 cm³/mol. The van der Waals surface area contributed by atoms with E-state index in [1.165, 1.54) is 6.07 Å². The molecule has 116 valence electrons. The molecule has 0 bridgehead atoms. The molecule has 23 heavy (non-hydrogen) atoms. The van der Waals surface area contributed by atoms with Crippen molar-refractivity contribution < 1.29 is 4.79 Å². The number of hydrogen-bond acceptors (Lipinski definition) is 2. The highest BCUT2D eigenvalue weighted by molar-refractivity contribution is 6.30. The Morgan fingerprint density at radius 2 is 1.83 bits per heavy atom. The SMILES string of the molecule is CC(NC(=O)c1cc(=O)[nH]c2ccccc12)c1ccc(Cl)cc1. The number of amides is 1. The zero-order chi connectivity index (χ0) is 16.4. The fourth-order valence-electron chi connectivity index (χ4n) is 2.50. The summed E-state index contributed by atoms with van der Waals surface area (Å²) in [5.41, 5.74) is 1.65. The summed E-state index contributed by atoms with van der Waals surface area (Å²) in [4.78, 5) is 27.0. The van der Waals surface area contributed by atoms with Crippen molar-refractivity contribution in [1.82, 2.24) is 10.3 Å². The van der Waals surface area contributed by atoms with Crippen LogP contribution in [0.25, 0.3) is 10.9 Å². The Labute approximate surface area is 138 Å². The molecule has 0 aliphatic carbocycles. The second kappa shape index (κ2) is 6.26. The molecular weight excluding hydrogens is 312 g/mol. The summed E-state index contributed by atoms with van der Waals surface area (Å²) in [6.45, 7) is 1.89. The molecule has 0 radical (unpaired) electrons. The van der Waals surface area contributed by atoms with E-state index >= 15 is 0 Å². The summed E-state index contributed by atoms with van der Waals surface area (Å²) in [7, 11) is 0. The molecule has 0 aliphatic rings. The zero-order valence-corrected chi connectivity index (χ0v) is 13.2. The molecule has 3 rings (SSSR count). The van der Waals surface area contributed by atoms with Gasteiger partial charge in [0.25, 0.3) is 5.91 Å². The minimum Gasteiger partial charge on any atom is -0.345 e. The topological polar surface area (TPSA) is 62.0 Å². The van der Waals surface area contributed by atoms with Crippen LogP contribution in [0.1, 0.15) is 28.9 Å². The number of H-pyrrole nitrogens is 1. The first-order valence-electron chi connectivity index (χ1n) is 7.23. The fourth-order valence-corrected chi connectivity index (χ4v) is 2.63. The lowest BCUT2D eigenvalue weighted by Gasteiger charge is -2.15. The second-order valence-electron chi connectivity index (χ2n) is 5.34. The van der Waals surface area contributed by atoms with E-state index in [4.69, 9.17) is 11.6 Å². The van der Waals surface area contributed by atoms with Crippen LogP contribution in [0.4, 0.5) is 0 Å². The Hall–Kier alpha value is -2.59. The van der Waals surface area contributed by atoms with Gasteiger partial charge in [0.15, 0.2) is 0 Å². The number of benzene rings is 2. The quantitative estimate of drug-likeness (QED) is 0.771. The average molecular weight is 327 g/mol. The van der Waals surface area contributed by atoms with Gasteiger partial charge in [0.1, 0.15) is 0 Å². The highest BCUT2D eigenvalue weighted by Crippen LogP contribution is 2.18. The number of para-hydroxylation sites is 1. The molecule has 1 amide bonds. The third kappa shape index (κ3) is 3.27. The summed E-state index contributed by atoms with van der Waals surface area (Å²) >= 11 is 5.88. The standard InChI is InChI=1S/C18H15ClN2O2/c1-11(12-6-8-13(19)9-7-12)20-18(23)15-10-17(22)21-16-5-3-2-4-14(15)16/h2-11H,1H3,(H,20,23)(H,21,22). The number of aromatic amines is 1. The van der Waals surface area contributed by atoms with Gasteiger partial charge >= 0.3 is 0 Å². The van der Waals surface area contributed by atoms with Crippen LogP contribution in [-0.4, -0.2) is 10.9 Å². The van der Waals surface area contributed by atoms with Crippen LogP contribution in [-0.2, 0) is 0 Å². The van der Waals surface area contributed by atoms with Crippen molar-refractivity contribution in [1.29, 1.82) is 0 Å². The number of rotatable bonds is 3. The van der Waals surface area contributed by atoms with Crippen LogP contribution >= 0.6 is 11.6 Å². The lowest BCUT2D eigenvalue weighted by molar-refractivity contribution is 0.0941. The van der Waals surface area contributed by atoms with Crippen molar-refractivity contribution in [3.63, 3.8) is 0 Å². The number of pyridine rings is 1. The molecule has 1 heterocycles. The lowest BCUT2D eigenvalue weighted by atomic mass is 10.1. The fraction of sp³-hybridized carbons (Fsp3) is 0.111. The van der Waals surface area contributed by atoms with E-state index < -0.39 is 0 Å². The molecule has 4 nitrogen and oxygen atoms in total. The Bertz CT molecular complexity index is 916. The number of halogens is 1. The minimum atomic E-state index is -0.298. The number of hydrogen-bond donors (Lipinski definition) is 2. The maximum atomic E-state index is 12.6. The Morgan fingerprint density at radius 1 is 1.13 bits per heavy atom. The maximum Gasteiger partial charge on any atom is 0.252 e. The van der Waals surface area contributed by atoms with Crippen LogP contribution in [0, 0.1) is 0 Å². The number of aromatic nitrogens is 1. The summed E-state index contributed by atoms with van der Waals surface area (Å²) in [5, 5.41) is 4.28. The van der Waals surface area contributed by atoms with Crippen LogP contribution in [0.5, 0.6) is 0 Å². The zero-order valence-electron chi connectivity index (χ0n) is 12.5.